The summed E-state index contributed by atoms with van der Waals surface area (Å²) in [7, 11) is 0. The van der Waals surface area contributed by atoms with E-state index in [-0.39, 0.29) is 0 Å². The minimum Gasteiger partial charge on any atom is -0.477 e. The number of hydrogen-bond acceptors (Lipinski definition) is 4. The van der Waals surface area contributed by atoms with Gasteiger partial charge in [-0.25, -0.2) is 9.79 Å². The van der Waals surface area contributed by atoms with Crippen LogP contribution in [0.5, 0.6) is 0 Å². The lowest BCUT2D eigenvalue weighted by Crippen LogP contribution is -2.24. The highest BCUT2D eigenvalue weighted by Gasteiger charge is 2.36. The Balaban J connectivity index is 2.88. The van der Waals surface area contributed by atoms with Crippen molar-refractivity contribution in [2.24, 2.45) is 15.2 Å². The Morgan fingerprint density at radius 3 is 2.67 bits per heavy atom. The minimum atomic E-state index is -1.55. The predicted molar refractivity (Wildman–Crippen MR) is 32.6 cm³/mol. The average Bonchev–Trinajstić information content (AvgIpc) is 2.16. The first kappa shape index (κ1) is 6.34. The van der Waals surface area contributed by atoms with Gasteiger partial charge in [-0.1, -0.05) is 0 Å². The van der Waals surface area contributed by atoms with E-state index in [9.17, 15) is 4.79 Å². The molecule has 0 aliphatic carbocycles. The highest BCUT2D eigenvalue weighted by atomic mass is 79.9. The van der Waals surface area contributed by atoms with Crippen LogP contribution in [-0.2, 0) is 4.79 Å². The summed E-state index contributed by atoms with van der Waals surface area (Å²) in [6.45, 7) is 0. The van der Waals surface area contributed by atoms with E-state index in [0.29, 0.717) is 0 Å². The van der Waals surface area contributed by atoms with Crippen molar-refractivity contribution in [2.45, 2.75) is 4.57 Å². The smallest absolute Gasteiger partial charge is 0.368 e. The van der Waals surface area contributed by atoms with Crippen LogP contribution in [0.15, 0.2) is 15.2 Å². The van der Waals surface area contributed by atoms with Crippen molar-refractivity contribution >= 4 is 28.2 Å². The fourth-order valence-corrected chi connectivity index (χ4v) is 0.512. The monoisotopic (exact) mass is 191 g/mol. The first-order valence-corrected chi connectivity index (χ1v) is 2.82. The summed E-state index contributed by atoms with van der Waals surface area (Å²) in [5.41, 5.74) is 0. The number of carboxylic acids is 1. The molecule has 0 aromatic heterocycles. The number of azo groups is 1. The number of aliphatic imine (C=N–C) groups is 1. The number of carboxylic acid groups (broad SMARTS) is 1. The predicted octanol–water partition coefficient (Wildman–Crippen LogP) is 0.614. The lowest BCUT2D eigenvalue weighted by Gasteiger charge is -2.03. The molecule has 48 valence electrons. The molecule has 1 N–H and O–H groups in total. The fraction of sp³-hybridized carbons (Fsp3) is 0.333. The summed E-state index contributed by atoms with van der Waals surface area (Å²) in [6, 6.07) is 0. The summed E-state index contributed by atoms with van der Waals surface area (Å²) >= 11 is 2.75. The third kappa shape index (κ3) is 0.973. The molecule has 0 aromatic rings. The standard InChI is InChI=1S/C3H2BrN3O2/c4-3(2(8)9)5-1-6-7-3/h1H,(H,8,9). The van der Waals surface area contributed by atoms with Crippen LogP contribution >= 0.6 is 15.9 Å². The molecule has 6 heteroatoms. The highest BCUT2D eigenvalue weighted by Crippen LogP contribution is 2.24. The van der Waals surface area contributed by atoms with E-state index in [1.165, 1.54) is 0 Å². The number of carbonyl (C=O) groups is 1. The Labute approximate surface area is 58.6 Å². The summed E-state index contributed by atoms with van der Waals surface area (Å²) < 4.78 is -1.55. The molecule has 1 rings (SSSR count). The Bertz CT molecular complexity index is 187. The van der Waals surface area contributed by atoms with Crippen molar-refractivity contribution in [3.63, 3.8) is 0 Å². The van der Waals surface area contributed by atoms with Crippen molar-refractivity contribution < 1.29 is 9.90 Å². The van der Waals surface area contributed by atoms with Crippen molar-refractivity contribution in [2.75, 3.05) is 0 Å². The molecule has 0 spiro atoms. The summed E-state index contributed by atoms with van der Waals surface area (Å²) in [4.78, 5) is 13.6. The largest absolute Gasteiger partial charge is 0.477 e. The Kier molecular flexibility index (Phi) is 1.32. The molecule has 5 nitrogen and oxygen atoms in total. The van der Waals surface area contributed by atoms with E-state index in [1.807, 2.05) is 0 Å². The van der Waals surface area contributed by atoms with Gasteiger partial charge in [-0.3, -0.25) is 0 Å². The van der Waals surface area contributed by atoms with Gasteiger partial charge in [-0.15, -0.1) is 10.2 Å². The second-order valence-corrected chi connectivity index (χ2v) is 2.46. The molecule has 1 unspecified atom stereocenters. The van der Waals surface area contributed by atoms with Crippen molar-refractivity contribution in [3.8, 4) is 0 Å². The van der Waals surface area contributed by atoms with Gasteiger partial charge in [0.05, 0.1) is 0 Å². The van der Waals surface area contributed by atoms with Gasteiger partial charge in [0.2, 0.25) is 0 Å². The molecule has 9 heavy (non-hydrogen) atoms. The van der Waals surface area contributed by atoms with Crippen LogP contribution in [0.4, 0.5) is 0 Å². The van der Waals surface area contributed by atoms with Gasteiger partial charge in [0, 0.05) is 0 Å². The van der Waals surface area contributed by atoms with Gasteiger partial charge >= 0.3 is 10.5 Å². The molecule has 0 radical (unpaired) electrons. The molecule has 0 saturated heterocycles. The van der Waals surface area contributed by atoms with E-state index in [0.717, 1.165) is 6.34 Å². The van der Waals surface area contributed by atoms with Crippen LogP contribution in [0, 0.1) is 0 Å². The molecular weight excluding hydrogens is 190 g/mol. The molecule has 1 heterocycles. The molecule has 0 saturated carbocycles. The topological polar surface area (TPSA) is 74.4 Å². The van der Waals surface area contributed by atoms with Crippen LogP contribution in [0.3, 0.4) is 0 Å². The van der Waals surface area contributed by atoms with Gasteiger partial charge in [-0.2, -0.15) is 0 Å². The number of nitrogens with zero attached hydrogens (tertiary/aromatic N) is 3. The summed E-state index contributed by atoms with van der Waals surface area (Å²) in [5.74, 6) is -1.17. The average molecular weight is 192 g/mol. The molecular formula is C3H2BrN3O2. The first-order valence-electron chi connectivity index (χ1n) is 2.03. The number of alkyl halides is 1. The molecule has 0 aromatic carbocycles. The first-order chi connectivity index (χ1) is 4.15. The molecule has 1 atom stereocenters. The SMILES string of the molecule is O=C(O)C1(Br)N=CN=N1. The van der Waals surface area contributed by atoms with Crippen LogP contribution in [0.2, 0.25) is 0 Å². The molecule has 1 aliphatic heterocycles. The van der Waals surface area contributed by atoms with Crippen LogP contribution in [0.25, 0.3) is 0 Å². The summed E-state index contributed by atoms with van der Waals surface area (Å²) in [6.07, 6.45) is 1.09. The Morgan fingerprint density at radius 2 is 2.44 bits per heavy atom. The van der Waals surface area contributed by atoms with E-state index < -0.39 is 10.5 Å². The van der Waals surface area contributed by atoms with E-state index in [1.54, 1.807) is 0 Å². The van der Waals surface area contributed by atoms with Gasteiger partial charge < -0.3 is 5.11 Å². The third-order valence-corrected chi connectivity index (χ3v) is 1.45. The molecule has 0 bridgehead atoms. The fourth-order valence-electron chi connectivity index (χ4n) is 0.328. The van der Waals surface area contributed by atoms with Crippen molar-refractivity contribution in [1.82, 2.24) is 0 Å². The highest BCUT2D eigenvalue weighted by molar-refractivity contribution is 9.10. The second kappa shape index (κ2) is 1.87. The maximum absolute atomic E-state index is 10.2. The number of halogens is 1. The zero-order valence-corrected chi connectivity index (χ0v) is 5.74. The maximum Gasteiger partial charge on any atom is 0.368 e. The van der Waals surface area contributed by atoms with E-state index in [2.05, 4.69) is 31.2 Å². The zero-order chi connectivity index (χ0) is 6.91. The maximum atomic E-state index is 10.2. The van der Waals surface area contributed by atoms with E-state index >= 15 is 0 Å². The minimum absolute atomic E-state index is 1.09. The van der Waals surface area contributed by atoms with Crippen LogP contribution in [0.1, 0.15) is 0 Å². The van der Waals surface area contributed by atoms with Crippen LogP contribution in [-0.4, -0.2) is 22.0 Å². The zero-order valence-electron chi connectivity index (χ0n) is 4.15. The number of aliphatic carboxylic acids is 1. The van der Waals surface area contributed by atoms with Crippen molar-refractivity contribution in [3.05, 3.63) is 0 Å². The van der Waals surface area contributed by atoms with Gasteiger partial charge in [-0.05, 0) is 15.9 Å². The van der Waals surface area contributed by atoms with E-state index in [4.69, 9.17) is 5.11 Å². The third-order valence-electron chi connectivity index (χ3n) is 0.743. The normalized spacial score (nSPS) is 31.2. The van der Waals surface area contributed by atoms with Gasteiger partial charge in [0.15, 0.2) is 0 Å². The quantitative estimate of drug-likeness (QED) is 0.488. The molecule has 0 fully saturated rings. The lowest BCUT2D eigenvalue weighted by atomic mass is 10.5. The Hall–Kier alpha value is -0.780. The molecule has 1 aliphatic rings. The Morgan fingerprint density at radius 1 is 1.78 bits per heavy atom. The van der Waals surface area contributed by atoms with Crippen LogP contribution < -0.4 is 0 Å². The summed E-state index contributed by atoms with van der Waals surface area (Å²) in [5, 5.41) is 14.9. The van der Waals surface area contributed by atoms with Gasteiger partial charge in [0.25, 0.3) is 0 Å². The lowest BCUT2D eigenvalue weighted by molar-refractivity contribution is -0.139. The number of hydrogen-bond donors (Lipinski definition) is 1. The number of rotatable bonds is 1. The van der Waals surface area contributed by atoms with Gasteiger partial charge in [0.1, 0.15) is 6.34 Å². The van der Waals surface area contributed by atoms with Crippen molar-refractivity contribution in [1.29, 1.82) is 0 Å². The molecule has 0 amide bonds. The second-order valence-electron chi connectivity index (χ2n) is 1.35.